The van der Waals surface area contributed by atoms with Crippen LogP contribution in [-0.4, -0.2) is 71.5 Å². The van der Waals surface area contributed by atoms with Gasteiger partial charge < -0.3 is 16.2 Å². The molecule has 5 aromatic heterocycles. The maximum absolute atomic E-state index is 12.7. The lowest BCUT2D eigenvalue weighted by Gasteiger charge is -2.14. The fourth-order valence-corrected chi connectivity index (χ4v) is 5.96. The number of carbonyl (C=O) groups is 2. The Bertz CT molecular complexity index is 2240. The molecule has 0 bridgehead atoms. The lowest BCUT2D eigenvalue weighted by molar-refractivity contribution is 0.0690. The van der Waals surface area contributed by atoms with Crippen molar-refractivity contribution in [3.8, 4) is 0 Å². The summed E-state index contributed by atoms with van der Waals surface area (Å²) in [6.07, 6.45) is 13.8. The summed E-state index contributed by atoms with van der Waals surface area (Å²) < 4.78 is 6.90. The Morgan fingerprint density at radius 1 is 0.712 bits per heavy atom. The van der Waals surface area contributed by atoms with Gasteiger partial charge in [-0.3, -0.25) is 14.2 Å². The van der Waals surface area contributed by atoms with E-state index in [0.717, 1.165) is 59.3 Å². The molecule has 8 rings (SSSR count). The molecule has 0 aliphatic heterocycles. The molecule has 0 radical (unpaired) electrons. The molecule has 1 amide bonds. The number of benzene rings is 2. The fourth-order valence-electron chi connectivity index (χ4n) is 5.96. The first-order chi connectivity index (χ1) is 25.4. The number of nitrogen functional groups attached to an aromatic ring is 1. The fraction of sp³-hybridized carbons (Fsp3) is 0.194. The topological polar surface area (TPSA) is 202 Å². The summed E-state index contributed by atoms with van der Waals surface area (Å²) in [5.74, 6) is -0.863. The van der Waals surface area contributed by atoms with Crippen molar-refractivity contribution in [1.29, 1.82) is 0 Å². The van der Waals surface area contributed by atoms with E-state index in [2.05, 4.69) is 53.3 Å². The molecular formula is C36H35N13O3. The van der Waals surface area contributed by atoms with Gasteiger partial charge in [0, 0.05) is 36.5 Å². The van der Waals surface area contributed by atoms with Crippen molar-refractivity contribution in [2.45, 2.75) is 45.1 Å². The molecule has 1 aliphatic carbocycles. The van der Waals surface area contributed by atoms with E-state index in [-0.39, 0.29) is 23.3 Å². The van der Waals surface area contributed by atoms with Gasteiger partial charge in [-0.25, -0.2) is 19.1 Å². The molecule has 1 unspecified atom stereocenters. The first-order valence-electron chi connectivity index (χ1n) is 16.5. The summed E-state index contributed by atoms with van der Waals surface area (Å²) >= 11 is 0. The highest BCUT2D eigenvalue weighted by molar-refractivity contribution is 5.92. The minimum absolute atomic E-state index is 0.0506. The Balaban J connectivity index is 0.000000175. The SMILES string of the molecule is Nc1nccc2c1C(NC(=O)c1cn(Cc3ccc(Cn4cccn4)cc3)nn1)CC2.O=C(O)c1cn(Cc2ccc(Cn3cccn3)cc2)nn1. The Morgan fingerprint density at radius 2 is 1.21 bits per heavy atom. The summed E-state index contributed by atoms with van der Waals surface area (Å²) in [5, 5.41) is 35.7. The van der Waals surface area contributed by atoms with Gasteiger partial charge in [0.2, 0.25) is 0 Å². The number of pyridine rings is 1. The maximum atomic E-state index is 12.7. The number of carbonyl (C=O) groups excluding carboxylic acids is 1. The van der Waals surface area contributed by atoms with Gasteiger partial charge >= 0.3 is 5.97 Å². The number of fused-ring (bicyclic) bond motifs is 1. The Labute approximate surface area is 297 Å². The van der Waals surface area contributed by atoms with E-state index >= 15 is 0 Å². The number of nitrogens with zero attached hydrogens (tertiary/aromatic N) is 11. The van der Waals surface area contributed by atoms with Crippen LogP contribution in [0, 0.1) is 0 Å². The van der Waals surface area contributed by atoms with Crippen LogP contribution in [0.3, 0.4) is 0 Å². The second kappa shape index (κ2) is 15.3. The number of nitrogens with one attached hydrogen (secondary N) is 1. The molecule has 2 aromatic carbocycles. The highest BCUT2D eigenvalue weighted by Crippen LogP contribution is 2.34. The second-order valence-electron chi connectivity index (χ2n) is 12.3. The predicted octanol–water partition coefficient (Wildman–Crippen LogP) is 3.24. The van der Waals surface area contributed by atoms with Crippen LogP contribution in [-0.2, 0) is 32.6 Å². The first kappa shape index (κ1) is 33.5. The third kappa shape index (κ3) is 8.24. The molecule has 5 heterocycles. The zero-order chi connectivity index (χ0) is 35.9. The standard InChI is InChI=1S/C22H22N8O.C14H13N5O2/c23-21-20-17(8-10-24-21)6-7-18(20)26-22(31)19-14-30(28-27-19)13-16-4-2-15(3-5-16)12-29-11-1-9-25-29;20-14(21)13-10-19(17-16-13)9-12-4-2-11(3-5-12)8-18-7-1-6-15-18/h1-5,8-11,14,18H,6-7,12-13H2,(H2,23,24)(H,26,31);1-7,10H,8-9H2,(H,20,21). The van der Waals surface area contributed by atoms with E-state index in [4.69, 9.17) is 10.8 Å². The Kier molecular flexibility index (Phi) is 9.85. The molecule has 1 aliphatic rings. The van der Waals surface area contributed by atoms with Gasteiger partial charge in [-0.15, -0.1) is 10.2 Å². The monoisotopic (exact) mass is 697 g/mol. The summed E-state index contributed by atoms with van der Waals surface area (Å²) in [4.78, 5) is 27.6. The van der Waals surface area contributed by atoms with E-state index in [9.17, 15) is 9.59 Å². The van der Waals surface area contributed by atoms with Crippen molar-refractivity contribution in [2.24, 2.45) is 0 Å². The van der Waals surface area contributed by atoms with Crippen LogP contribution in [0.1, 0.15) is 66.8 Å². The van der Waals surface area contributed by atoms with E-state index in [1.807, 2.05) is 76.4 Å². The number of aromatic nitrogens is 11. The van der Waals surface area contributed by atoms with Crippen molar-refractivity contribution in [1.82, 2.24) is 59.8 Å². The number of hydrogen-bond donors (Lipinski definition) is 3. The molecule has 0 spiro atoms. The molecule has 0 saturated heterocycles. The molecule has 0 saturated carbocycles. The average Bonchev–Trinajstić information content (AvgIpc) is 3.99. The second-order valence-corrected chi connectivity index (χ2v) is 12.3. The van der Waals surface area contributed by atoms with Gasteiger partial charge in [-0.1, -0.05) is 59.0 Å². The molecule has 16 nitrogen and oxygen atoms in total. The zero-order valence-corrected chi connectivity index (χ0v) is 28.0. The smallest absolute Gasteiger partial charge is 0.358 e. The largest absolute Gasteiger partial charge is 0.476 e. The number of aromatic carboxylic acids is 1. The molecule has 0 fully saturated rings. The van der Waals surface area contributed by atoms with Gasteiger partial charge in [0.1, 0.15) is 5.82 Å². The lowest BCUT2D eigenvalue weighted by atomic mass is 10.1. The predicted molar refractivity (Wildman–Crippen MR) is 188 cm³/mol. The third-order valence-electron chi connectivity index (χ3n) is 8.54. The highest BCUT2D eigenvalue weighted by atomic mass is 16.4. The van der Waals surface area contributed by atoms with Crippen molar-refractivity contribution < 1.29 is 14.7 Å². The van der Waals surface area contributed by atoms with Gasteiger partial charge in [-0.2, -0.15) is 10.2 Å². The molecule has 1 atom stereocenters. The van der Waals surface area contributed by atoms with Gasteiger partial charge in [-0.05, 0) is 58.9 Å². The summed E-state index contributed by atoms with van der Waals surface area (Å²) in [7, 11) is 0. The van der Waals surface area contributed by atoms with E-state index in [1.54, 1.807) is 29.5 Å². The quantitative estimate of drug-likeness (QED) is 0.179. The zero-order valence-electron chi connectivity index (χ0n) is 28.0. The van der Waals surface area contributed by atoms with Gasteiger partial charge in [0.25, 0.3) is 5.91 Å². The van der Waals surface area contributed by atoms with Crippen molar-refractivity contribution >= 4 is 17.7 Å². The lowest BCUT2D eigenvalue weighted by Crippen LogP contribution is -2.28. The summed E-state index contributed by atoms with van der Waals surface area (Å²) in [6, 6.07) is 21.8. The van der Waals surface area contributed by atoms with Crippen LogP contribution >= 0.6 is 0 Å². The van der Waals surface area contributed by atoms with Crippen LogP contribution in [0.25, 0.3) is 0 Å². The number of aryl methyl sites for hydroxylation is 1. The molecular weight excluding hydrogens is 662 g/mol. The minimum Gasteiger partial charge on any atom is -0.476 e. The Hall–Kier alpha value is -6.97. The van der Waals surface area contributed by atoms with Crippen LogP contribution in [0.4, 0.5) is 5.82 Å². The van der Waals surface area contributed by atoms with Gasteiger partial charge in [0.05, 0.1) is 44.6 Å². The number of carboxylic acids is 1. The van der Waals surface area contributed by atoms with Crippen molar-refractivity contribution in [3.63, 3.8) is 0 Å². The van der Waals surface area contributed by atoms with Crippen molar-refractivity contribution in [2.75, 3.05) is 5.73 Å². The highest BCUT2D eigenvalue weighted by Gasteiger charge is 2.27. The number of hydrogen-bond acceptors (Lipinski definition) is 10. The maximum Gasteiger partial charge on any atom is 0.358 e. The van der Waals surface area contributed by atoms with E-state index < -0.39 is 5.97 Å². The van der Waals surface area contributed by atoms with Crippen LogP contribution in [0.2, 0.25) is 0 Å². The van der Waals surface area contributed by atoms with Gasteiger partial charge in [0.15, 0.2) is 11.4 Å². The number of rotatable bonds is 11. The number of anilines is 1. The van der Waals surface area contributed by atoms with E-state index in [0.29, 0.717) is 18.9 Å². The number of nitrogens with two attached hydrogens (primary N) is 1. The van der Waals surface area contributed by atoms with Crippen LogP contribution in [0.15, 0.2) is 110 Å². The van der Waals surface area contributed by atoms with Crippen molar-refractivity contribution in [3.05, 3.63) is 155 Å². The normalized spacial score (nSPS) is 13.3. The van der Waals surface area contributed by atoms with Crippen LogP contribution in [0.5, 0.6) is 0 Å². The molecule has 16 heteroatoms. The molecule has 4 N–H and O–H groups in total. The average molecular weight is 698 g/mol. The molecule has 52 heavy (non-hydrogen) atoms. The molecule has 262 valence electrons. The third-order valence-corrected chi connectivity index (χ3v) is 8.54. The Morgan fingerprint density at radius 3 is 1.69 bits per heavy atom. The summed E-state index contributed by atoms with van der Waals surface area (Å²) in [6.45, 7) is 2.47. The summed E-state index contributed by atoms with van der Waals surface area (Å²) in [5.41, 5.74) is 12.7. The number of amides is 1. The minimum atomic E-state index is -1.07. The van der Waals surface area contributed by atoms with Crippen LogP contribution < -0.4 is 11.1 Å². The van der Waals surface area contributed by atoms with E-state index in [1.165, 1.54) is 10.9 Å². The molecule has 7 aromatic rings. The first-order valence-corrected chi connectivity index (χ1v) is 16.5. The number of carboxylic acid groups (broad SMARTS) is 1.